The van der Waals surface area contributed by atoms with Crippen LogP contribution in [0.2, 0.25) is 0 Å². The zero-order valence-electron chi connectivity index (χ0n) is 12.7. The van der Waals surface area contributed by atoms with E-state index in [0.29, 0.717) is 0 Å². The first-order chi connectivity index (χ1) is 10.9. The van der Waals surface area contributed by atoms with Gasteiger partial charge >= 0.3 is 0 Å². The number of benzene rings is 2. The third-order valence-corrected chi connectivity index (χ3v) is 3.78. The molecule has 0 atom stereocenters. The van der Waals surface area contributed by atoms with Crippen molar-refractivity contribution in [1.82, 2.24) is 4.98 Å². The summed E-state index contributed by atoms with van der Waals surface area (Å²) < 4.78 is 5.55. The lowest BCUT2D eigenvalue weighted by atomic mass is 9.97. The van der Waals surface area contributed by atoms with Gasteiger partial charge in [0.25, 0.3) is 0 Å². The first kappa shape index (κ1) is 14.3. The van der Waals surface area contributed by atoms with Gasteiger partial charge in [-0.25, -0.2) is 0 Å². The molecule has 0 spiro atoms. The third-order valence-electron chi connectivity index (χ3n) is 3.78. The Morgan fingerprint density at radius 2 is 1.64 bits per heavy atom. The fourth-order valence-corrected chi connectivity index (χ4v) is 2.68. The lowest BCUT2D eigenvalue weighted by molar-refractivity contribution is 0.416. The maximum atomic E-state index is 5.55. The van der Waals surface area contributed by atoms with E-state index >= 15 is 0 Å². The molecule has 0 saturated carbocycles. The Morgan fingerprint density at radius 1 is 0.818 bits per heavy atom. The number of nitrogens with zero attached hydrogens (tertiary/aromatic N) is 1. The van der Waals surface area contributed by atoms with Gasteiger partial charge in [0.1, 0.15) is 5.75 Å². The Hall–Kier alpha value is -2.61. The summed E-state index contributed by atoms with van der Waals surface area (Å²) in [4.78, 5) is 4.49. The normalized spacial score (nSPS) is 10.4. The number of hydrogen-bond donors (Lipinski definition) is 0. The molecule has 3 rings (SSSR count). The Morgan fingerprint density at radius 3 is 2.36 bits per heavy atom. The third kappa shape index (κ3) is 3.17. The van der Waals surface area contributed by atoms with Crippen LogP contribution in [0, 0.1) is 0 Å². The van der Waals surface area contributed by atoms with Crippen molar-refractivity contribution in [1.29, 1.82) is 0 Å². The minimum absolute atomic E-state index is 0.879. The van der Waals surface area contributed by atoms with Gasteiger partial charge in [-0.15, -0.1) is 0 Å². The van der Waals surface area contributed by atoms with Gasteiger partial charge in [-0.2, -0.15) is 0 Å². The molecule has 0 fully saturated rings. The Labute approximate surface area is 131 Å². The maximum absolute atomic E-state index is 5.55. The standard InChI is InChI=1S/C20H19NO/c1-22-19-12-7-10-17(14-13-16-8-3-2-4-9-16)20(19)18-11-5-6-15-21-18/h2-12,15H,13-14H2,1H3. The monoisotopic (exact) mass is 289 g/mol. The highest BCUT2D eigenvalue weighted by molar-refractivity contribution is 5.71. The topological polar surface area (TPSA) is 22.1 Å². The number of aryl methyl sites for hydroxylation is 2. The van der Waals surface area contributed by atoms with Crippen molar-refractivity contribution in [2.45, 2.75) is 12.8 Å². The van der Waals surface area contributed by atoms with Gasteiger partial charge in [0.2, 0.25) is 0 Å². The highest BCUT2D eigenvalue weighted by Gasteiger charge is 2.12. The SMILES string of the molecule is COc1cccc(CCc2ccccc2)c1-c1ccccn1. The van der Waals surface area contributed by atoms with Crippen molar-refractivity contribution in [2.75, 3.05) is 7.11 Å². The van der Waals surface area contributed by atoms with Gasteiger partial charge in [-0.3, -0.25) is 4.98 Å². The zero-order valence-corrected chi connectivity index (χ0v) is 12.7. The van der Waals surface area contributed by atoms with E-state index in [1.807, 2.05) is 42.6 Å². The van der Waals surface area contributed by atoms with Crippen LogP contribution in [-0.2, 0) is 12.8 Å². The van der Waals surface area contributed by atoms with E-state index in [-0.39, 0.29) is 0 Å². The minimum Gasteiger partial charge on any atom is -0.496 e. The number of ether oxygens (including phenoxy) is 1. The first-order valence-electron chi connectivity index (χ1n) is 7.49. The molecule has 0 bridgehead atoms. The van der Waals surface area contributed by atoms with Crippen LogP contribution < -0.4 is 4.74 Å². The summed E-state index contributed by atoms with van der Waals surface area (Å²) in [6.45, 7) is 0. The average molecular weight is 289 g/mol. The van der Waals surface area contributed by atoms with Gasteiger partial charge in [-0.05, 0) is 42.2 Å². The number of pyridine rings is 1. The first-order valence-corrected chi connectivity index (χ1v) is 7.49. The molecule has 0 aliphatic heterocycles. The summed E-state index contributed by atoms with van der Waals surface area (Å²) in [5, 5.41) is 0. The van der Waals surface area contributed by atoms with E-state index < -0.39 is 0 Å². The highest BCUT2D eigenvalue weighted by Crippen LogP contribution is 2.32. The molecule has 0 saturated heterocycles. The Kier molecular flexibility index (Phi) is 4.50. The van der Waals surface area contributed by atoms with Crippen molar-refractivity contribution >= 4 is 0 Å². The van der Waals surface area contributed by atoms with Crippen molar-refractivity contribution in [3.05, 3.63) is 84.1 Å². The van der Waals surface area contributed by atoms with Gasteiger partial charge in [0.05, 0.1) is 12.8 Å². The van der Waals surface area contributed by atoms with Crippen LogP contribution >= 0.6 is 0 Å². The molecule has 0 radical (unpaired) electrons. The summed E-state index contributed by atoms with van der Waals surface area (Å²) in [6, 6.07) is 22.7. The summed E-state index contributed by atoms with van der Waals surface area (Å²) in [5.74, 6) is 0.879. The molecule has 0 unspecified atom stereocenters. The molecule has 0 aliphatic rings. The molecule has 1 aromatic heterocycles. The van der Waals surface area contributed by atoms with Gasteiger partial charge in [-0.1, -0.05) is 48.5 Å². The van der Waals surface area contributed by atoms with Crippen LogP contribution in [0.4, 0.5) is 0 Å². The summed E-state index contributed by atoms with van der Waals surface area (Å²) in [5.41, 5.74) is 4.67. The van der Waals surface area contributed by atoms with Crippen LogP contribution in [-0.4, -0.2) is 12.1 Å². The second-order valence-electron chi connectivity index (χ2n) is 5.19. The fraction of sp³-hybridized carbons (Fsp3) is 0.150. The molecule has 2 aromatic carbocycles. The zero-order chi connectivity index (χ0) is 15.2. The summed E-state index contributed by atoms with van der Waals surface area (Å²) >= 11 is 0. The van der Waals surface area contributed by atoms with E-state index in [4.69, 9.17) is 4.74 Å². The second-order valence-corrected chi connectivity index (χ2v) is 5.19. The Bertz CT molecular complexity index is 723. The number of methoxy groups -OCH3 is 1. The number of aromatic nitrogens is 1. The van der Waals surface area contributed by atoms with Gasteiger partial charge in [0, 0.05) is 11.8 Å². The largest absolute Gasteiger partial charge is 0.496 e. The van der Waals surface area contributed by atoms with Gasteiger partial charge in [0.15, 0.2) is 0 Å². The average Bonchev–Trinajstić information content (AvgIpc) is 2.61. The fourth-order valence-electron chi connectivity index (χ4n) is 2.68. The van der Waals surface area contributed by atoms with Crippen LogP contribution in [0.25, 0.3) is 11.3 Å². The molecular weight excluding hydrogens is 270 g/mol. The Balaban J connectivity index is 1.94. The number of hydrogen-bond acceptors (Lipinski definition) is 2. The molecule has 0 aliphatic carbocycles. The molecule has 0 N–H and O–H groups in total. The molecule has 2 heteroatoms. The van der Waals surface area contributed by atoms with Crippen molar-refractivity contribution < 1.29 is 4.74 Å². The van der Waals surface area contributed by atoms with Crippen molar-refractivity contribution in [3.63, 3.8) is 0 Å². The van der Waals surface area contributed by atoms with E-state index in [1.165, 1.54) is 11.1 Å². The predicted molar refractivity (Wildman–Crippen MR) is 90.1 cm³/mol. The molecule has 0 amide bonds. The minimum atomic E-state index is 0.879. The van der Waals surface area contributed by atoms with E-state index in [0.717, 1.165) is 29.8 Å². The number of rotatable bonds is 5. The lowest BCUT2D eigenvalue weighted by Gasteiger charge is -2.13. The lowest BCUT2D eigenvalue weighted by Crippen LogP contribution is -1.98. The smallest absolute Gasteiger partial charge is 0.128 e. The van der Waals surface area contributed by atoms with E-state index in [2.05, 4.69) is 35.3 Å². The second kappa shape index (κ2) is 6.90. The van der Waals surface area contributed by atoms with Gasteiger partial charge < -0.3 is 4.74 Å². The molecular formula is C20H19NO. The summed E-state index contributed by atoms with van der Waals surface area (Å²) in [6.07, 6.45) is 3.80. The van der Waals surface area contributed by atoms with E-state index in [1.54, 1.807) is 7.11 Å². The molecule has 110 valence electrons. The molecule has 22 heavy (non-hydrogen) atoms. The molecule has 1 heterocycles. The molecule has 2 nitrogen and oxygen atoms in total. The van der Waals surface area contributed by atoms with Crippen LogP contribution in [0.15, 0.2) is 72.9 Å². The maximum Gasteiger partial charge on any atom is 0.128 e. The quantitative estimate of drug-likeness (QED) is 0.688. The predicted octanol–water partition coefficient (Wildman–Crippen LogP) is 4.54. The van der Waals surface area contributed by atoms with E-state index in [9.17, 15) is 0 Å². The van der Waals surface area contributed by atoms with Crippen molar-refractivity contribution in [2.24, 2.45) is 0 Å². The van der Waals surface area contributed by atoms with Crippen LogP contribution in [0.5, 0.6) is 5.75 Å². The van der Waals surface area contributed by atoms with Crippen molar-refractivity contribution in [3.8, 4) is 17.0 Å². The highest BCUT2D eigenvalue weighted by atomic mass is 16.5. The molecule has 3 aromatic rings. The van der Waals surface area contributed by atoms with Crippen LogP contribution in [0.1, 0.15) is 11.1 Å². The van der Waals surface area contributed by atoms with Crippen LogP contribution in [0.3, 0.4) is 0 Å². The summed E-state index contributed by atoms with van der Waals surface area (Å²) in [7, 11) is 1.71.